The minimum absolute atomic E-state index is 0.327. The van der Waals surface area contributed by atoms with E-state index in [2.05, 4.69) is 10.3 Å². The number of fused-ring (bicyclic) bond motifs is 1. The Labute approximate surface area is 237 Å². The number of carbonyl (C=O) groups is 1. The molecule has 0 atom stereocenters. The predicted octanol–water partition coefficient (Wildman–Crippen LogP) is 8.35. The summed E-state index contributed by atoms with van der Waals surface area (Å²) in [7, 11) is 3.18. The zero-order valence-corrected chi connectivity index (χ0v) is 24.2. The Bertz CT molecular complexity index is 1490. The lowest BCUT2D eigenvalue weighted by Crippen LogP contribution is -2.15. The number of carbonyl (C=O) groups excluding carboxylic acids is 1. The Morgan fingerprint density at radius 3 is 2.41 bits per heavy atom. The SMILES string of the molecule is COc1cc2nccc(Oc3cc(C)c(NC(=O)OCCCSc4ccc(Cl)cc4C)cc3C)c2cc1OC. The highest BCUT2D eigenvalue weighted by Crippen LogP contribution is 2.38. The van der Waals surface area contributed by atoms with Crippen molar-refractivity contribution < 1.29 is 23.7 Å². The van der Waals surface area contributed by atoms with Gasteiger partial charge in [-0.3, -0.25) is 10.3 Å². The molecule has 0 aliphatic rings. The van der Waals surface area contributed by atoms with E-state index in [1.54, 1.807) is 38.2 Å². The molecule has 0 fully saturated rings. The second kappa shape index (κ2) is 13.0. The van der Waals surface area contributed by atoms with E-state index in [0.717, 1.165) is 44.8 Å². The number of aryl methyl sites for hydroxylation is 3. The van der Waals surface area contributed by atoms with Crippen LogP contribution in [0, 0.1) is 20.8 Å². The zero-order valence-electron chi connectivity index (χ0n) is 22.6. The lowest BCUT2D eigenvalue weighted by atomic mass is 10.1. The van der Waals surface area contributed by atoms with Gasteiger partial charge >= 0.3 is 6.09 Å². The number of aromatic nitrogens is 1. The predicted molar refractivity (Wildman–Crippen MR) is 157 cm³/mol. The summed E-state index contributed by atoms with van der Waals surface area (Å²) in [6.07, 6.45) is 1.94. The van der Waals surface area contributed by atoms with Gasteiger partial charge in [-0.05, 0) is 86.3 Å². The number of anilines is 1. The molecule has 3 aromatic carbocycles. The van der Waals surface area contributed by atoms with E-state index in [0.29, 0.717) is 35.3 Å². The molecule has 7 nitrogen and oxygen atoms in total. The first-order valence-corrected chi connectivity index (χ1v) is 13.8. The van der Waals surface area contributed by atoms with Crippen molar-refractivity contribution in [3.05, 3.63) is 76.4 Å². The van der Waals surface area contributed by atoms with Crippen molar-refractivity contribution in [2.45, 2.75) is 32.1 Å². The maximum Gasteiger partial charge on any atom is 0.411 e. The first kappa shape index (κ1) is 28.4. The van der Waals surface area contributed by atoms with Crippen LogP contribution in [0.3, 0.4) is 0 Å². The average molecular weight is 567 g/mol. The number of halogens is 1. The molecule has 1 heterocycles. The van der Waals surface area contributed by atoms with E-state index in [1.807, 2.05) is 63.2 Å². The van der Waals surface area contributed by atoms with Crippen molar-refractivity contribution in [1.29, 1.82) is 0 Å². The van der Waals surface area contributed by atoms with Crippen molar-refractivity contribution >= 4 is 46.0 Å². The van der Waals surface area contributed by atoms with Crippen molar-refractivity contribution in [3.8, 4) is 23.0 Å². The average Bonchev–Trinajstić information content (AvgIpc) is 2.91. The highest BCUT2D eigenvalue weighted by atomic mass is 35.5. The molecular formula is C30H31ClN2O5S. The molecule has 0 spiro atoms. The molecule has 204 valence electrons. The number of rotatable bonds is 10. The summed E-state index contributed by atoms with van der Waals surface area (Å²) in [4.78, 5) is 18.0. The van der Waals surface area contributed by atoms with Crippen LogP contribution in [0.2, 0.25) is 5.02 Å². The first-order valence-electron chi connectivity index (χ1n) is 12.4. The normalized spacial score (nSPS) is 10.8. The minimum Gasteiger partial charge on any atom is -0.493 e. The monoisotopic (exact) mass is 566 g/mol. The zero-order chi connectivity index (χ0) is 27.9. The van der Waals surface area contributed by atoms with Gasteiger partial charge in [0.1, 0.15) is 11.5 Å². The summed E-state index contributed by atoms with van der Waals surface area (Å²) < 4.78 is 22.5. The second-order valence-electron chi connectivity index (χ2n) is 8.94. The number of ether oxygens (including phenoxy) is 4. The Kier molecular flexibility index (Phi) is 9.43. The van der Waals surface area contributed by atoms with Gasteiger partial charge in [0.25, 0.3) is 0 Å². The number of benzene rings is 3. The molecule has 0 saturated carbocycles. The molecule has 0 bridgehead atoms. The van der Waals surface area contributed by atoms with Gasteiger partial charge in [-0.15, -0.1) is 11.8 Å². The third-order valence-electron chi connectivity index (χ3n) is 6.10. The van der Waals surface area contributed by atoms with Crippen LogP contribution in [0.25, 0.3) is 10.9 Å². The number of nitrogens with zero attached hydrogens (tertiary/aromatic N) is 1. The smallest absolute Gasteiger partial charge is 0.411 e. The minimum atomic E-state index is -0.486. The van der Waals surface area contributed by atoms with Gasteiger partial charge in [-0.2, -0.15) is 0 Å². The summed E-state index contributed by atoms with van der Waals surface area (Å²) in [6.45, 7) is 6.19. The molecule has 0 aliphatic heterocycles. The highest BCUT2D eigenvalue weighted by molar-refractivity contribution is 7.99. The number of methoxy groups -OCH3 is 2. The number of hydrogen-bond donors (Lipinski definition) is 1. The molecular weight excluding hydrogens is 536 g/mol. The largest absolute Gasteiger partial charge is 0.493 e. The molecule has 39 heavy (non-hydrogen) atoms. The highest BCUT2D eigenvalue weighted by Gasteiger charge is 2.14. The Hall–Kier alpha value is -3.62. The second-order valence-corrected chi connectivity index (χ2v) is 10.5. The maximum absolute atomic E-state index is 12.4. The fourth-order valence-corrected chi connectivity index (χ4v) is 5.18. The van der Waals surface area contributed by atoms with Crippen molar-refractivity contribution in [1.82, 2.24) is 4.98 Å². The van der Waals surface area contributed by atoms with Gasteiger partial charge in [0.05, 0.1) is 26.3 Å². The van der Waals surface area contributed by atoms with Crippen molar-refractivity contribution in [3.63, 3.8) is 0 Å². The standard InChI is InChI=1S/C30H31ClN2O5S/c1-18-15-26(38-25-9-10-32-24-17-28(36-5)27(35-4)16-22(24)25)19(2)14-23(18)33-30(34)37-11-6-12-39-29-8-7-21(31)13-20(29)3/h7-10,13-17H,6,11-12H2,1-5H3,(H,33,34). The van der Waals surface area contributed by atoms with Gasteiger partial charge in [0, 0.05) is 39.0 Å². The van der Waals surface area contributed by atoms with E-state index in [1.165, 1.54) is 4.90 Å². The van der Waals surface area contributed by atoms with Gasteiger partial charge in [-0.1, -0.05) is 11.6 Å². The van der Waals surface area contributed by atoms with Gasteiger partial charge in [-0.25, -0.2) is 4.79 Å². The van der Waals surface area contributed by atoms with Crippen LogP contribution >= 0.6 is 23.4 Å². The Morgan fingerprint density at radius 1 is 0.897 bits per heavy atom. The fourth-order valence-electron chi connectivity index (χ4n) is 4.02. The number of nitrogens with one attached hydrogen (secondary N) is 1. The lowest BCUT2D eigenvalue weighted by molar-refractivity contribution is 0.162. The third kappa shape index (κ3) is 7.07. The quantitative estimate of drug-likeness (QED) is 0.153. The molecule has 1 amide bonds. The summed E-state index contributed by atoms with van der Waals surface area (Å²) in [5.41, 5.74) is 4.24. The summed E-state index contributed by atoms with van der Waals surface area (Å²) in [5.74, 6) is 3.33. The first-order chi connectivity index (χ1) is 18.8. The number of amides is 1. The Balaban J connectivity index is 1.36. The van der Waals surface area contributed by atoms with Crippen LogP contribution in [-0.2, 0) is 4.74 Å². The van der Waals surface area contributed by atoms with Gasteiger partial charge in [0.15, 0.2) is 11.5 Å². The van der Waals surface area contributed by atoms with Crippen LogP contribution in [-0.4, -0.2) is 37.7 Å². The third-order valence-corrected chi connectivity index (χ3v) is 7.60. The molecule has 4 rings (SSSR count). The number of thioether (sulfide) groups is 1. The van der Waals surface area contributed by atoms with E-state index >= 15 is 0 Å². The van der Waals surface area contributed by atoms with Gasteiger partial charge in [0.2, 0.25) is 0 Å². The fraction of sp³-hybridized carbons (Fsp3) is 0.267. The van der Waals surface area contributed by atoms with E-state index in [9.17, 15) is 4.79 Å². The molecule has 1 aromatic heterocycles. The van der Waals surface area contributed by atoms with Gasteiger partial charge < -0.3 is 18.9 Å². The molecule has 4 aromatic rings. The molecule has 0 saturated heterocycles. The molecule has 0 radical (unpaired) electrons. The van der Waals surface area contributed by atoms with E-state index in [4.69, 9.17) is 30.5 Å². The van der Waals surface area contributed by atoms with Crippen molar-refractivity contribution in [2.75, 3.05) is 31.9 Å². The molecule has 0 aliphatic carbocycles. The maximum atomic E-state index is 12.4. The van der Waals surface area contributed by atoms with E-state index < -0.39 is 6.09 Å². The van der Waals surface area contributed by atoms with Crippen LogP contribution in [0.15, 0.2) is 59.6 Å². The molecule has 0 unspecified atom stereocenters. The Morgan fingerprint density at radius 2 is 1.67 bits per heavy atom. The van der Waals surface area contributed by atoms with Crippen molar-refractivity contribution in [2.24, 2.45) is 0 Å². The number of hydrogen-bond acceptors (Lipinski definition) is 7. The van der Waals surface area contributed by atoms with Crippen LogP contribution in [0.5, 0.6) is 23.0 Å². The molecule has 9 heteroatoms. The summed E-state index contributed by atoms with van der Waals surface area (Å²) >= 11 is 7.74. The number of pyridine rings is 1. The summed E-state index contributed by atoms with van der Waals surface area (Å²) in [5, 5.41) is 4.37. The van der Waals surface area contributed by atoms with E-state index in [-0.39, 0.29) is 0 Å². The van der Waals surface area contributed by atoms with Crippen LogP contribution < -0.4 is 19.5 Å². The lowest BCUT2D eigenvalue weighted by Gasteiger charge is -2.16. The molecule has 1 N–H and O–H groups in total. The summed E-state index contributed by atoms with van der Waals surface area (Å²) in [6, 6.07) is 15.1. The van der Waals surface area contributed by atoms with Crippen LogP contribution in [0.1, 0.15) is 23.1 Å². The topological polar surface area (TPSA) is 78.9 Å². The van der Waals surface area contributed by atoms with Crippen LogP contribution in [0.4, 0.5) is 10.5 Å².